The molecule has 1 amide bonds. The zero-order valence-electron chi connectivity index (χ0n) is 17.4. The first-order valence-electron chi connectivity index (χ1n) is 9.64. The van der Waals surface area contributed by atoms with Crippen LogP contribution in [0.1, 0.15) is 53.9 Å². The van der Waals surface area contributed by atoms with E-state index in [-0.39, 0.29) is 24.5 Å². The van der Waals surface area contributed by atoms with Crippen LogP contribution in [-0.4, -0.2) is 35.4 Å². The van der Waals surface area contributed by atoms with Crippen molar-refractivity contribution in [3.05, 3.63) is 58.7 Å². The van der Waals surface area contributed by atoms with Crippen LogP contribution in [0.3, 0.4) is 0 Å². The zero-order chi connectivity index (χ0) is 20.4. The first kappa shape index (κ1) is 23.1. The van der Waals surface area contributed by atoms with E-state index in [4.69, 9.17) is 5.11 Å². The number of hydrogen-bond acceptors (Lipinski definition) is 3. The van der Waals surface area contributed by atoms with Crippen LogP contribution < -0.4 is 5.32 Å². The first-order valence-corrected chi connectivity index (χ1v) is 9.64. The summed E-state index contributed by atoms with van der Waals surface area (Å²) in [5.41, 5.74) is 5.14. The minimum atomic E-state index is -0.927. The van der Waals surface area contributed by atoms with Gasteiger partial charge in [0.25, 0.3) is 0 Å². The Kier molecular flexibility index (Phi) is 9.47. The van der Waals surface area contributed by atoms with E-state index in [1.165, 1.54) is 36.5 Å². The van der Waals surface area contributed by atoms with E-state index in [1.807, 2.05) is 25.2 Å². The summed E-state index contributed by atoms with van der Waals surface area (Å²) in [6, 6.07) is 0. The van der Waals surface area contributed by atoms with Crippen molar-refractivity contribution in [2.45, 2.75) is 60.0 Å². The lowest BCUT2D eigenvalue weighted by molar-refractivity contribution is -0.117. The fourth-order valence-corrected chi connectivity index (χ4v) is 3.22. The fraction of sp³-hybridized carbons (Fsp3) is 0.522. The molecule has 27 heavy (non-hydrogen) atoms. The van der Waals surface area contributed by atoms with Gasteiger partial charge in [0.05, 0.1) is 12.7 Å². The normalized spacial score (nSPS) is 19.8. The van der Waals surface area contributed by atoms with Crippen LogP contribution in [-0.2, 0) is 4.79 Å². The number of allylic oxidation sites excluding steroid dienone is 9. The topological polar surface area (TPSA) is 69.6 Å². The van der Waals surface area contributed by atoms with Crippen LogP contribution in [0.15, 0.2) is 58.7 Å². The first-order chi connectivity index (χ1) is 12.7. The van der Waals surface area contributed by atoms with Gasteiger partial charge >= 0.3 is 0 Å². The van der Waals surface area contributed by atoms with Crippen LogP contribution in [0.4, 0.5) is 0 Å². The Morgan fingerprint density at radius 1 is 1.26 bits per heavy atom. The predicted octanol–water partition coefficient (Wildman–Crippen LogP) is 3.99. The third-order valence-corrected chi connectivity index (χ3v) is 4.86. The Balaban J connectivity index is 2.65. The Bertz CT molecular complexity index is 663. The van der Waals surface area contributed by atoms with Crippen LogP contribution in [0.5, 0.6) is 0 Å². The van der Waals surface area contributed by atoms with Gasteiger partial charge in [-0.1, -0.05) is 55.4 Å². The average molecular weight is 374 g/mol. The second-order valence-corrected chi connectivity index (χ2v) is 8.00. The molecular formula is C23H35NO3. The van der Waals surface area contributed by atoms with Crippen LogP contribution >= 0.6 is 0 Å². The molecule has 0 aliphatic heterocycles. The molecule has 0 aromatic carbocycles. The van der Waals surface area contributed by atoms with Gasteiger partial charge in [-0.2, -0.15) is 0 Å². The van der Waals surface area contributed by atoms with E-state index in [1.54, 1.807) is 0 Å². The lowest BCUT2D eigenvalue weighted by Gasteiger charge is -2.32. The van der Waals surface area contributed by atoms with Crippen molar-refractivity contribution in [1.82, 2.24) is 5.32 Å². The van der Waals surface area contributed by atoms with Gasteiger partial charge < -0.3 is 15.5 Å². The number of carbonyl (C=O) groups is 1. The molecular weight excluding hydrogens is 338 g/mol. The van der Waals surface area contributed by atoms with Crippen LogP contribution in [0.2, 0.25) is 0 Å². The van der Waals surface area contributed by atoms with Crippen molar-refractivity contribution in [2.75, 3.05) is 13.2 Å². The third-order valence-electron chi connectivity index (χ3n) is 4.86. The summed E-state index contributed by atoms with van der Waals surface area (Å²) in [4.78, 5) is 11.7. The average Bonchev–Trinajstić information content (AvgIpc) is 2.58. The second kappa shape index (κ2) is 11.1. The molecule has 4 heteroatoms. The molecule has 4 nitrogen and oxygen atoms in total. The standard InChI is InChI=1S/C23H35NO3/c1-17(11-12-21-19(3)10-7-13-23(21,4)5)8-6-9-18(2)14-22(27)24-15-20(26)16-25/h6,8-9,11-12,14,20,25-26H,7,10,13,15-16H2,1-5H3,(H,24,27)/b9-6+,12-11+,17-8+,18-14+. The molecule has 150 valence electrons. The smallest absolute Gasteiger partial charge is 0.244 e. The minimum absolute atomic E-state index is 0.0399. The molecule has 0 spiro atoms. The van der Waals surface area contributed by atoms with Gasteiger partial charge in [-0.3, -0.25) is 4.79 Å². The minimum Gasteiger partial charge on any atom is -0.394 e. The number of hydrogen-bond donors (Lipinski definition) is 3. The number of rotatable bonds is 8. The van der Waals surface area contributed by atoms with E-state index >= 15 is 0 Å². The summed E-state index contributed by atoms with van der Waals surface area (Å²) < 4.78 is 0. The molecule has 1 aliphatic carbocycles. The highest BCUT2D eigenvalue weighted by Gasteiger charge is 2.26. The lowest BCUT2D eigenvalue weighted by Crippen LogP contribution is -2.32. The van der Waals surface area contributed by atoms with Crippen molar-refractivity contribution in [3.8, 4) is 0 Å². The van der Waals surface area contributed by atoms with Gasteiger partial charge in [-0.15, -0.1) is 0 Å². The van der Waals surface area contributed by atoms with E-state index in [0.29, 0.717) is 0 Å². The molecule has 0 bridgehead atoms. The fourth-order valence-electron chi connectivity index (χ4n) is 3.22. The SMILES string of the molecule is CC1=C(/C=C/C(C)=C/C=C/C(C)=C/C(=O)NCC(O)CO)C(C)(C)CCC1. The van der Waals surface area contributed by atoms with E-state index in [0.717, 1.165) is 11.1 Å². The summed E-state index contributed by atoms with van der Waals surface area (Å²) in [6.45, 7) is 10.4. The second-order valence-electron chi connectivity index (χ2n) is 8.00. The van der Waals surface area contributed by atoms with Crippen molar-refractivity contribution in [3.63, 3.8) is 0 Å². The van der Waals surface area contributed by atoms with Gasteiger partial charge in [0.2, 0.25) is 5.91 Å². The van der Waals surface area contributed by atoms with Crippen molar-refractivity contribution >= 4 is 5.91 Å². The molecule has 1 unspecified atom stereocenters. The van der Waals surface area contributed by atoms with Crippen LogP contribution in [0.25, 0.3) is 0 Å². The number of aliphatic hydroxyl groups is 2. The van der Waals surface area contributed by atoms with E-state index in [2.05, 4.69) is 45.2 Å². The number of nitrogens with one attached hydrogen (secondary N) is 1. The highest BCUT2D eigenvalue weighted by atomic mass is 16.3. The van der Waals surface area contributed by atoms with Gasteiger partial charge in [0.1, 0.15) is 0 Å². The van der Waals surface area contributed by atoms with E-state index in [9.17, 15) is 9.90 Å². The van der Waals surface area contributed by atoms with Gasteiger partial charge in [-0.05, 0) is 56.6 Å². The molecule has 1 atom stereocenters. The maximum Gasteiger partial charge on any atom is 0.244 e. The van der Waals surface area contributed by atoms with Crippen molar-refractivity contribution < 1.29 is 15.0 Å². The molecule has 1 aliphatic rings. The molecule has 0 aromatic heterocycles. The Morgan fingerprint density at radius 2 is 1.96 bits per heavy atom. The maximum atomic E-state index is 11.7. The highest BCUT2D eigenvalue weighted by molar-refractivity contribution is 5.88. The number of aliphatic hydroxyl groups excluding tert-OH is 2. The molecule has 0 heterocycles. The highest BCUT2D eigenvalue weighted by Crippen LogP contribution is 2.40. The maximum absolute atomic E-state index is 11.7. The largest absolute Gasteiger partial charge is 0.394 e. The summed E-state index contributed by atoms with van der Waals surface area (Å²) in [5.74, 6) is -0.285. The molecule has 0 saturated carbocycles. The van der Waals surface area contributed by atoms with E-state index < -0.39 is 6.10 Å². The van der Waals surface area contributed by atoms with Gasteiger partial charge in [0.15, 0.2) is 0 Å². The molecule has 0 radical (unpaired) electrons. The molecule has 0 aromatic rings. The number of carbonyl (C=O) groups excluding carboxylic acids is 1. The molecule has 0 fully saturated rings. The Hall–Kier alpha value is -1.91. The molecule has 1 rings (SSSR count). The summed E-state index contributed by atoms with van der Waals surface area (Å²) in [5, 5.41) is 20.5. The van der Waals surface area contributed by atoms with Crippen LogP contribution in [0, 0.1) is 5.41 Å². The molecule has 3 N–H and O–H groups in total. The monoisotopic (exact) mass is 373 g/mol. The third kappa shape index (κ3) is 8.55. The Labute approximate surface area is 164 Å². The van der Waals surface area contributed by atoms with Gasteiger partial charge in [0, 0.05) is 12.6 Å². The zero-order valence-corrected chi connectivity index (χ0v) is 17.4. The summed E-state index contributed by atoms with van der Waals surface area (Å²) >= 11 is 0. The van der Waals surface area contributed by atoms with Crippen molar-refractivity contribution in [1.29, 1.82) is 0 Å². The Morgan fingerprint density at radius 3 is 2.59 bits per heavy atom. The summed E-state index contributed by atoms with van der Waals surface area (Å²) in [7, 11) is 0. The number of amides is 1. The van der Waals surface area contributed by atoms with Crippen molar-refractivity contribution in [2.24, 2.45) is 5.41 Å². The lowest BCUT2D eigenvalue weighted by atomic mass is 9.72. The van der Waals surface area contributed by atoms with Gasteiger partial charge in [-0.25, -0.2) is 0 Å². The quantitative estimate of drug-likeness (QED) is 0.445. The summed E-state index contributed by atoms with van der Waals surface area (Å²) in [6.07, 6.45) is 14.4. The molecule has 0 saturated heterocycles. The predicted molar refractivity (Wildman–Crippen MR) is 112 cm³/mol.